The maximum Gasteiger partial charge on any atom is 0.0502 e. The monoisotopic (exact) mass is 433 g/mol. The van der Waals surface area contributed by atoms with E-state index < -0.39 is 0 Å². The fraction of sp³-hybridized carbons (Fsp3) is 0.375. The lowest BCUT2D eigenvalue weighted by molar-refractivity contribution is 0.332. The SMILES string of the molecule is CC1(C)CCC(C)(C)c2cc3c(cc21)c1c2ccc4ccccc4c2ccc1n3C(C)(C)C. The van der Waals surface area contributed by atoms with Gasteiger partial charge in [0.1, 0.15) is 0 Å². The number of aromatic nitrogens is 1. The Morgan fingerprint density at radius 2 is 1.27 bits per heavy atom. The van der Waals surface area contributed by atoms with Gasteiger partial charge in [0.25, 0.3) is 0 Å². The van der Waals surface area contributed by atoms with Crippen LogP contribution in [0.15, 0.2) is 60.7 Å². The van der Waals surface area contributed by atoms with E-state index in [1.165, 1.54) is 67.3 Å². The summed E-state index contributed by atoms with van der Waals surface area (Å²) in [6, 6.07) is 23.2. The molecule has 0 saturated carbocycles. The van der Waals surface area contributed by atoms with Crippen molar-refractivity contribution < 1.29 is 0 Å². The van der Waals surface area contributed by atoms with Gasteiger partial charge in [0.05, 0.1) is 5.52 Å². The highest BCUT2D eigenvalue weighted by molar-refractivity contribution is 6.25. The third kappa shape index (κ3) is 2.84. The van der Waals surface area contributed by atoms with Crippen LogP contribution in [0.5, 0.6) is 0 Å². The molecular formula is C32H35N. The zero-order valence-corrected chi connectivity index (χ0v) is 21.1. The molecule has 1 aromatic heterocycles. The Labute approximate surface area is 197 Å². The Kier molecular flexibility index (Phi) is 4.04. The topological polar surface area (TPSA) is 4.93 Å². The van der Waals surface area contributed by atoms with Crippen molar-refractivity contribution >= 4 is 43.4 Å². The van der Waals surface area contributed by atoms with Crippen molar-refractivity contribution in [2.45, 2.75) is 77.7 Å². The molecule has 1 aliphatic carbocycles. The van der Waals surface area contributed by atoms with Crippen molar-refractivity contribution in [1.29, 1.82) is 0 Å². The molecule has 6 rings (SSSR count). The van der Waals surface area contributed by atoms with E-state index in [2.05, 4.69) is 114 Å². The summed E-state index contributed by atoms with van der Waals surface area (Å²) in [6.45, 7) is 16.7. The van der Waals surface area contributed by atoms with Gasteiger partial charge in [-0.2, -0.15) is 0 Å². The molecule has 1 aliphatic rings. The largest absolute Gasteiger partial charge is 0.335 e. The zero-order valence-electron chi connectivity index (χ0n) is 21.1. The van der Waals surface area contributed by atoms with E-state index >= 15 is 0 Å². The Morgan fingerprint density at radius 3 is 1.97 bits per heavy atom. The van der Waals surface area contributed by atoms with Crippen molar-refractivity contribution in [2.24, 2.45) is 0 Å². The van der Waals surface area contributed by atoms with Gasteiger partial charge in [0, 0.05) is 21.8 Å². The smallest absolute Gasteiger partial charge is 0.0502 e. The maximum absolute atomic E-state index is 2.59. The molecule has 0 radical (unpaired) electrons. The van der Waals surface area contributed by atoms with E-state index in [-0.39, 0.29) is 16.4 Å². The van der Waals surface area contributed by atoms with Gasteiger partial charge in [-0.1, -0.05) is 70.2 Å². The molecule has 5 aromatic rings. The minimum Gasteiger partial charge on any atom is -0.335 e. The van der Waals surface area contributed by atoms with E-state index in [0.29, 0.717) is 0 Å². The van der Waals surface area contributed by atoms with Gasteiger partial charge in [-0.15, -0.1) is 0 Å². The van der Waals surface area contributed by atoms with Crippen LogP contribution in [0.2, 0.25) is 0 Å². The Balaban J connectivity index is 1.86. The molecule has 0 N–H and O–H groups in total. The highest BCUT2D eigenvalue weighted by Crippen LogP contribution is 2.49. The predicted molar refractivity (Wildman–Crippen MR) is 145 cm³/mol. The number of rotatable bonds is 0. The van der Waals surface area contributed by atoms with Crippen LogP contribution in [0, 0.1) is 0 Å². The van der Waals surface area contributed by atoms with Crippen LogP contribution in [0.1, 0.15) is 72.4 Å². The van der Waals surface area contributed by atoms with E-state index in [4.69, 9.17) is 0 Å². The number of fused-ring (bicyclic) bond motifs is 8. The van der Waals surface area contributed by atoms with Crippen molar-refractivity contribution in [2.75, 3.05) is 0 Å². The lowest BCUT2D eigenvalue weighted by Gasteiger charge is -2.42. The zero-order chi connectivity index (χ0) is 23.3. The average molecular weight is 434 g/mol. The van der Waals surface area contributed by atoms with E-state index in [1.807, 2.05) is 0 Å². The fourth-order valence-corrected chi connectivity index (χ4v) is 6.39. The molecule has 0 fully saturated rings. The first-order valence-electron chi connectivity index (χ1n) is 12.4. The van der Waals surface area contributed by atoms with Crippen LogP contribution in [0.25, 0.3) is 43.4 Å². The van der Waals surface area contributed by atoms with Crippen LogP contribution < -0.4 is 0 Å². The molecule has 1 heterocycles. The Hall–Kier alpha value is -2.80. The van der Waals surface area contributed by atoms with Crippen LogP contribution in [0.4, 0.5) is 0 Å². The van der Waals surface area contributed by atoms with Crippen molar-refractivity contribution in [3.05, 3.63) is 71.8 Å². The molecule has 0 amide bonds. The maximum atomic E-state index is 2.59. The molecule has 0 saturated heterocycles. The van der Waals surface area contributed by atoms with Crippen molar-refractivity contribution in [3.63, 3.8) is 0 Å². The first kappa shape index (κ1) is 20.8. The number of hydrogen-bond donors (Lipinski definition) is 0. The molecule has 0 unspecified atom stereocenters. The molecule has 0 aliphatic heterocycles. The molecule has 168 valence electrons. The standard InChI is InChI=1S/C32H35N/c1-30(2,3)33-27-15-14-22-21-11-9-8-10-20(21)12-13-23(22)29(27)24-18-25-26(19-28(24)33)32(6,7)17-16-31(25,4)5/h8-15,18-19H,16-17H2,1-7H3. The predicted octanol–water partition coefficient (Wildman–Crippen LogP) is 9.20. The van der Waals surface area contributed by atoms with Gasteiger partial charge in [0.2, 0.25) is 0 Å². The summed E-state index contributed by atoms with van der Waals surface area (Å²) in [4.78, 5) is 0. The van der Waals surface area contributed by atoms with Gasteiger partial charge >= 0.3 is 0 Å². The summed E-state index contributed by atoms with van der Waals surface area (Å²) >= 11 is 0. The third-order valence-electron chi connectivity index (χ3n) is 8.30. The number of hydrogen-bond acceptors (Lipinski definition) is 0. The van der Waals surface area contributed by atoms with Gasteiger partial charge in [0.15, 0.2) is 0 Å². The first-order valence-corrected chi connectivity index (χ1v) is 12.4. The Bertz CT molecular complexity index is 1580. The van der Waals surface area contributed by atoms with E-state index in [9.17, 15) is 0 Å². The van der Waals surface area contributed by atoms with Gasteiger partial charge < -0.3 is 4.57 Å². The summed E-state index contributed by atoms with van der Waals surface area (Å²) in [5.41, 5.74) is 6.20. The average Bonchev–Trinajstić information content (AvgIpc) is 3.10. The summed E-state index contributed by atoms with van der Waals surface area (Å²) in [7, 11) is 0. The summed E-state index contributed by atoms with van der Waals surface area (Å²) in [5.74, 6) is 0. The molecule has 0 bridgehead atoms. The fourth-order valence-electron chi connectivity index (χ4n) is 6.39. The van der Waals surface area contributed by atoms with Crippen LogP contribution in [-0.4, -0.2) is 4.57 Å². The van der Waals surface area contributed by atoms with Crippen LogP contribution in [-0.2, 0) is 16.4 Å². The van der Waals surface area contributed by atoms with E-state index in [0.717, 1.165) is 0 Å². The second kappa shape index (κ2) is 6.41. The molecule has 1 nitrogen and oxygen atoms in total. The quantitative estimate of drug-likeness (QED) is 0.214. The number of nitrogens with zero attached hydrogens (tertiary/aromatic N) is 1. The normalized spacial score (nSPS) is 17.8. The lowest BCUT2D eigenvalue weighted by Crippen LogP contribution is -2.34. The highest BCUT2D eigenvalue weighted by Gasteiger charge is 2.38. The second-order valence-electron chi connectivity index (χ2n) is 12.5. The minimum atomic E-state index is -0.00686. The summed E-state index contributed by atoms with van der Waals surface area (Å²) in [6.07, 6.45) is 2.48. The summed E-state index contributed by atoms with van der Waals surface area (Å²) in [5, 5.41) is 8.19. The molecule has 0 spiro atoms. The van der Waals surface area contributed by atoms with Gasteiger partial charge in [-0.25, -0.2) is 0 Å². The van der Waals surface area contributed by atoms with Crippen LogP contribution in [0.3, 0.4) is 0 Å². The molecule has 33 heavy (non-hydrogen) atoms. The van der Waals surface area contributed by atoms with E-state index in [1.54, 1.807) is 0 Å². The van der Waals surface area contributed by atoms with Gasteiger partial charge in [-0.05, 0) is 95.3 Å². The minimum absolute atomic E-state index is 0.00686. The first-order chi connectivity index (χ1) is 15.5. The number of benzene rings is 4. The molecule has 4 aromatic carbocycles. The molecule has 0 atom stereocenters. The van der Waals surface area contributed by atoms with Crippen molar-refractivity contribution in [1.82, 2.24) is 4.57 Å². The Morgan fingerprint density at radius 1 is 0.636 bits per heavy atom. The van der Waals surface area contributed by atoms with Gasteiger partial charge in [-0.3, -0.25) is 0 Å². The lowest BCUT2D eigenvalue weighted by atomic mass is 9.63. The van der Waals surface area contributed by atoms with Crippen LogP contribution >= 0.6 is 0 Å². The highest BCUT2D eigenvalue weighted by atomic mass is 15.0. The molecule has 1 heteroatoms. The van der Waals surface area contributed by atoms with Crippen molar-refractivity contribution in [3.8, 4) is 0 Å². The second-order valence-corrected chi connectivity index (χ2v) is 12.5. The third-order valence-corrected chi connectivity index (χ3v) is 8.30. The molecular weight excluding hydrogens is 398 g/mol. The summed E-state index contributed by atoms with van der Waals surface area (Å²) < 4.78 is 2.59.